The van der Waals surface area contributed by atoms with Crippen molar-refractivity contribution in [2.24, 2.45) is 5.92 Å². The molecule has 9 nitrogen and oxygen atoms in total. The topological polar surface area (TPSA) is 108 Å². The number of halogens is 1. The van der Waals surface area contributed by atoms with Crippen LogP contribution in [0.5, 0.6) is 5.75 Å². The van der Waals surface area contributed by atoms with Crippen molar-refractivity contribution in [1.82, 2.24) is 15.3 Å². The lowest BCUT2D eigenvalue weighted by Gasteiger charge is -2.26. The van der Waals surface area contributed by atoms with Crippen LogP contribution in [-0.4, -0.2) is 48.5 Å². The zero-order chi connectivity index (χ0) is 24.2. The summed E-state index contributed by atoms with van der Waals surface area (Å²) in [6, 6.07) is 3.78. The standard InChI is InChI=1S/C24H31ClN6O3/c1-4-31(19-12-11-18-14(21(19)34-3)7-6-10-20(32)28-18)24-27-13-16(25)22(30-24)29-17-9-5-8-15(17)23(33)26-2/h11-13,15,17H,4-10H2,1-3H3,(H,26,33)(H,28,32)(H,27,29,30)/t15-,17+/m1/s1. The van der Waals surface area contributed by atoms with Gasteiger partial charge in [0.2, 0.25) is 17.8 Å². The molecule has 4 rings (SSSR count). The predicted octanol–water partition coefficient (Wildman–Crippen LogP) is 3.90. The lowest BCUT2D eigenvalue weighted by atomic mass is 10.0. The Morgan fingerprint density at radius 1 is 1.29 bits per heavy atom. The van der Waals surface area contributed by atoms with Gasteiger partial charge in [0.25, 0.3) is 0 Å². The molecule has 2 atom stereocenters. The minimum absolute atomic E-state index is 0.0135. The number of hydrogen-bond acceptors (Lipinski definition) is 7. The van der Waals surface area contributed by atoms with Crippen LogP contribution in [-0.2, 0) is 16.0 Å². The number of aromatic nitrogens is 2. The molecule has 0 spiro atoms. The Bertz CT molecular complexity index is 1080. The van der Waals surface area contributed by atoms with Crippen LogP contribution in [0, 0.1) is 5.92 Å². The second-order valence-electron chi connectivity index (χ2n) is 8.56. The lowest BCUT2D eigenvalue weighted by Crippen LogP contribution is -2.36. The molecule has 0 bridgehead atoms. The molecule has 1 aromatic heterocycles. The molecule has 2 amide bonds. The number of benzene rings is 1. The molecule has 2 heterocycles. The van der Waals surface area contributed by atoms with E-state index in [2.05, 4.69) is 20.9 Å². The third-order valence-corrected chi connectivity index (χ3v) is 6.83. The van der Waals surface area contributed by atoms with Crippen molar-refractivity contribution in [1.29, 1.82) is 0 Å². The van der Waals surface area contributed by atoms with E-state index in [0.29, 0.717) is 35.5 Å². The van der Waals surface area contributed by atoms with Gasteiger partial charge in [-0.2, -0.15) is 4.98 Å². The third-order valence-electron chi connectivity index (χ3n) is 6.55. The third kappa shape index (κ3) is 4.75. The van der Waals surface area contributed by atoms with Crippen molar-refractivity contribution in [2.45, 2.75) is 51.5 Å². The number of nitrogens with zero attached hydrogens (tertiary/aromatic N) is 3. The van der Waals surface area contributed by atoms with Crippen molar-refractivity contribution >= 4 is 46.6 Å². The fourth-order valence-electron chi connectivity index (χ4n) is 4.88. The Labute approximate surface area is 204 Å². The van der Waals surface area contributed by atoms with E-state index in [1.54, 1.807) is 20.4 Å². The van der Waals surface area contributed by atoms with E-state index < -0.39 is 0 Å². The number of carbonyl (C=O) groups is 2. The number of ether oxygens (including phenoxy) is 1. The fourth-order valence-corrected chi connectivity index (χ4v) is 5.02. The van der Waals surface area contributed by atoms with E-state index in [1.165, 1.54) is 0 Å². The summed E-state index contributed by atoms with van der Waals surface area (Å²) in [6.07, 6.45) is 6.22. The minimum atomic E-state index is -0.123. The molecule has 1 aliphatic carbocycles. The molecular weight excluding hydrogens is 456 g/mol. The SMILES string of the molecule is CCN(c1ncc(Cl)c(N[C@H]2CCC[C@H]2C(=O)NC)n1)c1ccc2c(c1OC)CCCC(=O)N2. The van der Waals surface area contributed by atoms with Crippen LogP contribution in [0.3, 0.4) is 0 Å². The maximum atomic E-state index is 12.3. The van der Waals surface area contributed by atoms with Crippen molar-refractivity contribution in [3.05, 3.63) is 28.9 Å². The van der Waals surface area contributed by atoms with Gasteiger partial charge in [-0.1, -0.05) is 18.0 Å². The highest BCUT2D eigenvalue weighted by Crippen LogP contribution is 2.41. The Balaban J connectivity index is 1.67. The molecule has 3 N–H and O–H groups in total. The highest BCUT2D eigenvalue weighted by molar-refractivity contribution is 6.32. The van der Waals surface area contributed by atoms with Crippen LogP contribution in [0.4, 0.5) is 23.1 Å². The summed E-state index contributed by atoms with van der Waals surface area (Å²) in [5.41, 5.74) is 2.56. The number of fused-ring (bicyclic) bond motifs is 1. The van der Waals surface area contributed by atoms with Gasteiger partial charge < -0.3 is 25.6 Å². The summed E-state index contributed by atoms with van der Waals surface area (Å²) in [5.74, 6) is 1.59. The normalized spacial score (nSPS) is 19.6. The molecule has 34 heavy (non-hydrogen) atoms. The van der Waals surface area contributed by atoms with E-state index >= 15 is 0 Å². The van der Waals surface area contributed by atoms with Crippen molar-refractivity contribution < 1.29 is 14.3 Å². The molecule has 0 saturated heterocycles. The number of anilines is 4. The first-order chi connectivity index (χ1) is 16.5. The van der Waals surface area contributed by atoms with Gasteiger partial charge in [-0.05, 0) is 44.7 Å². The Kier molecular flexibility index (Phi) is 7.41. The lowest BCUT2D eigenvalue weighted by molar-refractivity contribution is -0.124. The highest BCUT2D eigenvalue weighted by atomic mass is 35.5. The summed E-state index contributed by atoms with van der Waals surface area (Å²) in [4.78, 5) is 35.5. The van der Waals surface area contributed by atoms with Gasteiger partial charge in [-0.3, -0.25) is 9.59 Å². The van der Waals surface area contributed by atoms with Crippen LogP contribution in [0.2, 0.25) is 5.02 Å². The van der Waals surface area contributed by atoms with Crippen molar-refractivity contribution in [3.63, 3.8) is 0 Å². The second kappa shape index (κ2) is 10.5. The monoisotopic (exact) mass is 486 g/mol. The first-order valence-corrected chi connectivity index (χ1v) is 12.1. The molecule has 2 aromatic rings. The maximum absolute atomic E-state index is 12.3. The molecule has 182 valence electrons. The smallest absolute Gasteiger partial charge is 0.232 e. The number of amides is 2. The largest absolute Gasteiger partial charge is 0.494 e. The highest BCUT2D eigenvalue weighted by Gasteiger charge is 2.33. The molecule has 0 radical (unpaired) electrons. The summed E-state index contributed by atoms with van der Waals surface area (Å²) in [5, 5.41) is 9.51. The van der Waals surface area contributed by atoms with Crippen molar-refractivity contribution in [3.8, 4) is 5.75 Å². The van der Waals surface area contributed by atoms with E-state index in [0.717, 1.165) is 49.0 Å². The molecule has 1 fully saturated rings. The summed E-state index contributed by atoms with van der Waals surface area (Å²) in [6.45, 7) is 2.60. The van der Waals surface area contributed by atoms with Gasteiger partial charge >= 0.3 is 0 Å². The van der Waals surface area contributed by atoms with E-state index in [1.807, 2.05) is 24.0 Å². The van der Waals surface area contributed by atoms with Gasteiger partial charge in [-0.15, -0.1) is 0 Å². The predicted molar refractivity (Wildman–Crippen MR) is 133 cm³/mol. The van der Waals surface area contributed by atoms with E-state index in [9.17, 15) is 9.59 Å². The molecule has 1 saturated carbocycles. The number of nitrogens with one attached hydrogen (secondary N) is 3. The molecule has 2 aliphatic rings. The number of hydrogen-bond donors (Lipinski definition) is 3. The fraction of sp³-hybridized carbons (Fsp3) is 0.500. The van der Waals surface area contributed by atoms with Gasteiger partial charge in [-0.25, -0.2) is 4.98 Å². The van der Waals surface area contributed by atoms with Crippen LogP contribution in [0.1, 0.15) is 44.6 Å². The molecular formula is C24H31ClN6O3. The van der Waals surface area contributed by atoms with Gasteiger partial charge in [0.15, 0.2) is 5.82 Å². The maximum Gasteiger partial charge on any atom is 0.232 e. The minimum Gasteiger partial charge on any atom is -0.494 e. The van der Waals surface area contributed by atoms with E-state index in [-0.39, 0.29) is 23.8 Å². The molecule has 1 aromatic carbocycles. The summed E-state index contributed by atoms with van der Waals surface area (Å²) >= 11 is 6.44. The Morgan fingerprint density at radius 3 is 2.85 bits per heavy atom. The average molecular weight is 487 g/mol. The zero-order valence-corrected chi connectivity index (χ0v) is 20.5. The zero-order valence-electron chi connectivity index (χ0n) is 19.8. The number of rotatable bonds is 7. The quantitative estimate of drug-likeness (QED) is 0.544. The van der Waals surface area contributed by atoms with Crippen LogP contribution < -0.4 is 25.6 Å². The molecule has 10 heteroatoms. The molecule has 1 aliphatic heterocycles. The summed E-state index contributed by atoms with van der Waals surface area (Å²) < 4.78 is 5.82. The van der Waals surface area contributed by atoms with Crippen LogP contribution in [0.25, 0.3) is 0 Å². The first kappa shape index (κ1) is 24.1. The van der Waals surface area contributed by atoms with Gasteiger partial charge in [0, 0.05) is 37.3 Å². The summed E-state index contributed by atoms with van der Waals surface area (Å²) in [7, 11) is 3.29. The van der Waals surface area contributed by atoms with Gasteiger partial charge in [0.1, 0.15) is 10.8 Å². The first-order valence-electron chi connectivity index (χ1n) is 11.7. The second-order valence-corrected chi connectivity index (χ2v) is 8.97. The van der Waals surface area contributed by atoms with Crippen LogP contribution in [0.15, 0.2) is 18.3 Å². The Hall–Kier alpha value is -3.07. The van der Waals surface area contributed by atoms with Crippen LogP contribution >= 0.6 is 11.6 Å². The number of methoxy groups -OCH3 is 1. The van der Waals surface area contributed by atoms with Crippen molar-refractivity contribution in [2.75, 3.05) is 36.2 Å². The number of carbonyl (C=O) groups excluding carboxylic acids is 2. The molecule has 0 unspecified atom stereocenters. The average Bonchev–Trinajstić information content (AvgIpc) is 3.21. The van der Waals surface area contributed by atoms with E-state index in [4.69, 9.17) is 21.3 Å². The van der Waals surface area contributed by atoms with Gasteiger partial charge in [0.05, 0.1) is 24.9 Å². The Morgan fingerprint density at radius 2 is 2.12 bits per heavy atom.